The summed E-state index contributed by atoms with van der Waals surface area (Å²) >= 11 is 0. The minimum Gasteiger partial charge on any atom is -0.314 e. The third-order valence-corrected chi connectivity index (χ3v) is 3.99. The van der Waals surface area contributed by atoms with Gasteiger partial charge in [-0.1, -0.05) is 0 Å². The van der Waals surface area contributed by atoms with Gasteiger partial charge in [-0.3, -0.25) is 0 Å². The van der Waals surface area contributed by atoms with Crippen molar-refractivity contribution in [3.05, 3.63) is 0 Å². The van der Waals surface area contributed by atoms with E-state index in [1.165, 1.54) is 64.8 Å². The zero-order valence-corrected chi connectivity index (χ0v) is 11.6. The Morgan fingerprint density at radius 3 is 2.41 bits per heavy atom. The molecule has 1 aliphatic heterocycles. The Balaban J connectivity index is 1.49. The summed E-state index contributed by atoms with van der Waals surface area (Å²) in [5, 5.41) is 3.60. The maximum Gasteiger partial charge on any atom is 0.00682 e. The van der Waals surface area contributed by atoms with Crippen molar-refractivity contribution in [3.8, 4) is 0 Å². The lowest BCUT2D eigenvalue weighted by Crippen LogP contribution is -2.38. The molecule has 2 rings (SSSR count). The Hall–Kier alpha value is -0.120. The summed E-state index contributed by atoms with van der Waals surface area (Å²) < 4.78 is 0. The second-order valence-corrected chi connectivity index (χ2v) is 6.13. The monoisotopic (exact) mass is 239 g/mol. The number of likely N-dealkylation sites (tertiary alicyclic amines) is 1. The lowest BCUT2D eigenvalue weighted by Gasteiger charge is -2.33. The van der Waals surface area contributed by atoms with Crippen LogP contribution in [-0.4, -0.2) is 62.7 Å². The first-order chi connectivity index (χ1) is 8.24. The Morgan fingerprint density at radius 1 is 1.12 bits per heavy atom. The van der Waals surface area contributed by atoms with Gasteiger partial charge in [0.05, 0.1) is 0 Å². The van der Waals surface area contributed by atoms with Gasteiger partial charge < -0.3 is 15.1 Å². The highest BCUT2D eigenvalue weighted by molar-refractivity contribution is 4.81. The first-order valence-electron chi connectivity index (χ1n) is 7.34. The molecule has 0 bridgehead atoms. The molecule has 2 aliphatic rings. The smallest absolute Gasteiger partial charge is 0.00682 e. The Morgan fingerprint density at radius 2 is 1.82 bits per heavy atom. The van der Waals surface area contributed by atoms with Crippen LogP contribution in [0.3, 0.4) is 0 Å². The average molecular weight is 239 g/mol. The molecule has 1 heterocycles. The molecule has 1 aliphatic carbocycles. The lowest BCUT2D eigenvalue weighted by molar-refractivity contribution is 0.161. The van der Waals surface area contributed by atoms with E-state index in [1.54, 1.807) is 0 Å². The highest BCUT2D eigenvalue weighted by Gasteiger charge is 2.21. The van der Waals surface area contributed by atoms with E-state index < -0.39 is 0 Å². The number of hydrogen-bond donors (Lipinski definition) is 1. The van der Waals surface area contributed by atoms with E-state index in [0.717, 1.165) is 12.0 Å². The molecule has 0 aromatic rings. The minimum absolute atomic E-state index is 0.876. The summed E-state index contributed by atoms with van der Waals surface area (Å²) in [5.41, 5.74) is 0. The standard InChI is InChI=1S/C14H29N3/c1-16(2)12-13-6-10-17(11-7-13)9-3-8-15-14-4-5-14/h13-15H,3-12H2,1-2H3. The van der Waals surface area contributed by atoms with Crippen LogP contribution >= 0.6 is 0 Å². The van der Waals surface area contributed by atoms with Crippen LogP contribution in [0, 0.1) is 5.92 Å². The van der Waals surface area contributed by atoms with Crippen molar-refractivity contribution in [3.63, 3.8) is 0 Å². The van der Waals surface area contributed by atoms with Gasteiger partial charge in [-0.05, 0) is 78.3 Å². The van der Waals surface area contributed by atoms with Gasteiger partial charge in [-0.2, -0.15) is 0 Å². The highest BCUT2D eigenvalue weighted by atomic mass is 15.1. The first-order valence-corrected chi connectivity index (χ1v) is 7.34. The third-order valence-electron chi connectivity index (χ3n) is 3.99. The molecule has 0 amide bonds. The number of hydrogen-bond acceptors (Lipinski definition) is 3. The van der Waals surface area contributed by atoms with E-state index in [0.29, 0.717) is 0 Å². The van der Waals surface area contributed by atoms with Crippen LogP contribution in [0.15, 0.2) is 0 Å². The number of rotatable bonds is 7. The van der Waals surface area contributed by atoms with Gasteiger partial charge in [0.2, 0.25) is 0 Å². The highest BCUT2D eigenvalue weighted by Crippen LogP contribution is 2.19. The molecule has 0 aromatic carbocycles. The quantitative estimate of drug-likeness (QED) is 0.678. The Bertz CT molecular complexity index is 203. The van der Waals surface area contributed by atoms with Gasteiger partial charge >= 0.3 is 0 Å². The van der Waals surface area contributed by atoms with E-state index >= 15 is 0 Å². The summed E-state index contributed by atoms with van der Waals surface area (Å²) in [6.45, 7) is 6.44. The fourth-order valence-electron chi connectivity index (χ4n) is 2.81. The fraction of sp³-hybridized carbons (Fsp3) is 1.00. The van der Waals surface area contributed by atoms with Crippen LogP contribution in [0.5, 0.6) is 0 Å². The fourth-order valence-corrected chi connectivity index (χ4v) is 2.81. The molecule has 2 fully saturated rings. The van der Waals surface area contributed by atoms with E-state index in [4.69, 9.17) is 0 Å². The molecule has 0 unspecified atom stereocenters. The van der Waals surface area contributed by atoms with Gasteiger partial charge in [0.25, 0.3) is 0 Å². The van der Waals surface area contributed by atoms with Gasteiger partial charge in [-0.15, -0.1) is 0 Å². The summed E-state index contributed by atoms with van der Waals surface area (Å²) in [7, 11) is 4.38. The lowest BCUT2D eigenvalue weighted by atomic mass is 9.96. The van der Waals surface area contributed by atoms with Crippen molar-refractivity contribution < 1.29 is 0 Å². The number of nitrogens with zero attached hydrogens (tertiary/aromatic N) is 2. The zero-order chi connectivity index (χ0) is 12.1. The van der Waals surface area contributed by atoms with Crippen LogP contribution in [-0.2, 0) is 0 Å². The maximum absolute atomic E-state index is 3.60. The molecule has 1 saturated carbocycles. The molecule has 1 saturated heterocycles. The second-order valence-electron chi connectivity index (χ2n) is 6.13. The molecule has 17 heavy (non-hydrogen) atoms. The molecule has 0 spiro atoms. The number of nitrogens with one attached hydrogen (secondary N) is 1. The van der Waals surface area contributed by atoms with Crippen molar-refractivity contribution in [1.82, 2.24) is 15.1 Å². The molecular formula is C14H29N3. The molecule has 100 valence electrons. The van der Waals surface area contributed by atoms with Crippen molar-refractivity contribution in [2.45, 2.75) is 38.1 Å². The van der Waals surface area contributed by atoms with E-state index in [1.807, 2.05) is 0 Å². The Kier molecular flexibility index (Phi) is 5.26. The third kappa shape index (κ3) is 5.36. The van der Waals surface area contributed by atoms with Crippen molar-refractivity contribution in [2.24, 2.45) is 5.92 Å². The van der Waals surface area contributed by atoms with E-state index in [-0.39, 0.29) is 0 Å². The van der Waals surface area contributed by atoms with Crippen LogP contribution in [0.25, 0.3) is 0 Å². The van der Waals surface area contributed by atoms with Gasteiger partial charge in [-0.25, -0.2) is 0 Å². The summed E-state index contributed by atoms with van der Waals surface area (Å²) in [6, 6.07) is 0.876. The minimum atomic E-state index is 0.876. The predicted molar refractivity (Wildman–Crippen MR) is 73.4 cm³/mol. The van der Waals surface area contributed by atoms with Gasteiger partial charge in [0.1, 0.15) is 0 Å². The predicted octanol–water partition coefficient (Wildman–Crippen LogP) is 1.40. The Labute approximate surface area is 107 Å². The summed E-state index contributed by atoms with van der Waals surface area (Å²) in [5.74, 6) is 0.936. The zero-order valence-electron chi connectivity index (χ0n) is 11.6. The molecule has 1 N–H and O–H groups in total. The summed E-state index contributed by atoms with van der Waals surface area (Å²) in [4.78, 5) is 4.99. The molecule has 0 atom stereocenters. The first kappa shape index (κ1) is 13.3. The normalized spacial score (nSPS) is 23.5. The van der Waals surface area contributed by atoms with Crippen molar-refractivity contribution in [2.75, 3.05) is 46.8 Å². The summed E-state index contributed by atoms with van der Waals surface area (Å²) in [6.07, 6.45) is 6.95. The van der Waals surface area contributed by atoms with E-state index in [2.05, 4.69) is 29.2 Å². The largest absolute Gasteiger partial charge is 0.314 e. The van der Waals surface area contributed by atoms with Crippen molar-refractivity contribution in [1.29, 1.82) is 0 Å². The average Bonchev–Trinajstić information content (AvgIpc) is 3.10. The topological polar surface area (TPSA) is 18.5 Å². The van der Waals surface area contributed by atoms with Gasteiger partial charge in [0, 0.05) is 12.6 Å². The molecule has 3 nitrogen and oxygen atoms in total. The molecule has 0 aromatic heterocycles. The maximum atomic E-state index is 3.60. The molecule has 3 heteroatoms. The molecular weight excluding hydrogens is 210 g/mol. The van der Waals surface area contributed by atoms with Crippen molar-refractivity contribution >= 4 is 0 Å². The van der Waals surface area contributed by atoms with E-state index in [9.17, 15) is 0 Å². The number of piperidine rings is 1. The van der Waals surface area contributed by atoms with Crippen LogP contribution < -0.4 is 5.32 Å². The van der Waals surface area contributed by atoms with Gasteiger partial charge in [0.15, 0.2) is 0 Å². The van der Waals surface area contributed by atoms with Crippen LogP contribution in [0.1, 0.15) is 32.1 Å². The van der Waals surface area contributed by atoms with Crippen LogP contribution in [0.2, 0.25) is 0 Å². The second kappa shape index (κ2) is 6.72. The van der Waals surface area contributed by atoms with Crippen LogP contribution in [0.4, 0.5) is 0 Å². The SMILES string of the molecule is CN(C)CC1CCN(CCCNC2CC2)CC1. The molecule has 0 radical (unpaired) electrons.